The van der Waals surface area contributed by atoms with E-state index < -0.39 is 0 Å². The highest BCUT2D eigenvalue weighted by Crippen LogP contribution is 2.36. The number of ether oxygens (including phenoxy) is 1. The molecule has 0 aromatic heterocycles. The van der Waals surface area contributed by atoms with Gasteiger partial charge in [0, 0.05) is 17.5 Å². The number of carbonyl (C=O) groups is 1. The summed E-state index contributed by atoms with van der Waals surface area (Å²) in [7, 11) is 1.66. The molecule has 0 aliphatic heterocycles. The molecule has 1 N–H and O–H groups in total. The second-order valence-electron chi connectivity index (χ2n) is 4.90. The second-order valence-corrected chi connectivity index (χ2v) is 4.90. The maximum atomic E-state index is 10.7. The average molecular weight is 269 g/mol. The van der Waals surface area contributed by atoms with Crippen molar-refractivity contribution in [2.75, 3.05) is 13.7 Å². The molecule has 0 spiro atoms. The first-order valence-corrected chi connectivity index (χ1v) is 6.58. The summed E-state index contributed by atoms with van der Waals surface area (Å²) in [6.45, 7) is 2.62. The quantitative estimate of drug-likeness (QED) is 0.819. The standard InChI is InChI=1S/C17H19NO2/c1-17(12-18-13-19,14-8-4-3-5-9-14)15-10-6-7-11-16(15)20-2/h3-11,13H,12H2,1-2H3,(H,18,19)/t17-/m0/s1. The first-order chi connectivity index (χ1) is 9.72. The van der Waals surface area contributed by atoms with Gasteiger partial charge in [0.25, 0.3) is 0 Å². The third kappa shape index (κ3) is 2.67. The van der Waals surface area contributed by atoms with Gasteiger partial charge in [0.1, 0.15) is 5.75 Å². The summed E-state index contributed by atoms with van der Waals surface area (Å²) >= 11 is 0. The van der Waals surface area contributed by atoms with Crippen molar-refractivity contribution >= 4 is 6.41 Å². The van der Waals surface area contributed by atoms with Crippen LogP contribution in [0.5, 0.6) is 5.75 Å². The smallest absolute Gasteiger partial charge is 0.207 e. The van der Waals surface area contributed by atoms with Gasteiger partial charge in [0.05, 0.1) is 7.11 Å². The summed E-state index contributed by atoms with van der Waals surface area (Å²) in [6, 6.07) is 18.0. The Balaban J connectivity index is 2.54. The van der Waals surface area contributed by atoms with E-state index in [2.05, 4.69) is 24.4 Å². The second kappa shape index (κ2) is 6.24. The van der Waals surface area contributed by atoms with Gasteiger partial charge in [-0.2, -0.15) is 0 Å². The van der Waals surface area contributed by atoms with Crippen LogP contribution in [0.4, 0.5) is 0 Å². The number of rotatable bonds is 6. The maximum Gasteiger partial charge on any atom is 0.207 e. The summed E-state index contributed by atoms with van der Waals surface area (Å²) in [5.41, 5.74) is 1.86. The van der Waals surface area contributed by atoms with E-state index in [1.807, 2.05) is 42.5 Å². The number of hydrogen-bond acceptors (Lipinski definition) is 2. The van der Waals surface area contributed by atoms with Gasteiger partial charge in [-0.05, 0) is 18.6 Å². The molecule has 20 heavy (non-hydrogen) atoms. The Labute approximate surface area is 119 Å². The minimum Gasteiger partial charge on any atom is -0.496 e. The molecule has 2 aromatic rings. The fourth-order valence-electron chi connectivity index (χ4n) is 2.51. The molecule has 3 nitrogen and oxygen atoms in total. The van der Waals surface area contributed by atoms with Gasteiger partial charge in [-0.3, -0.25) is 4.79 Å². The van der Waals surface area contributed by atoms with E-state index >= 15 is 0 Å². The molecule has 0 fully saturated rings. The lowest BCUT2D eigenvalue weighted by molar-refractivity contribution is -0.109. The third-order valence-corrected chi connectivity index (χ3v) is 3.65. The lowest BCUT2D eigenvalue weighted by Crippen LogP contribution is -2.36. The molecule has 3 heteroatoms. The molecule has 0 heterocycles. The topological polar surface area (TPSA) is 38.3 Å². The number of methoxy groups -OCH3 is 1. The summed E-state index contributed by atoms with van der Waals surface area (Å²) in [5, 5.41) is 2.80. The molecule has 104 valence electrons. The van der Waals surface area contributed by atoms with Crippen molar-refractivity contribution < 1.29 is 9.53 Å². The molecule has 1 amide bonds. The number of para-hydroxylation sites is 1. The molecule has 2 rings (SSSR count). The van der Waals surface area contributed by atoms with Crippen molar-refractivity contribution in [1.29, 1.82) is 0 Å². The van der Waals surface area contributed by atoms with E-state index in [1.165, 1.54) is 0 Å². The van der Waals surface area contributed by atoms with E-state index in [9.17, 15) is 4.79 Å². The fourth-order valence-corrected chi connectivity index (χ4v) is 2.51. The predicted molar refractivity (Wildman–Crippen MR) is 80.0 cm³/mol. The Kier molecular flexibility index (Phi) is 4.41. The summed E-state index contributed by atoms with van der Waals surface area (Å²) in [6.07, 6.45) is 0.733. The minimum atomic E-state index is -0.339. The molecule has 2 aromatic carbocycles. The highest BCUT2D eigenvalue weighted by Gasteiger charge is 2.31. The van der Waals surface area contributed by atoms with E-state index in [0.29, 0.717) is 6.54 Å². The number of carbonyl (C=O) groups excluding carboxylic acids is 1. The van der Waals surface area contributed by atoms with Gasteiger partial charge in [-0.25, -0.2) is 0 Å². The zero-order chi connectivity index (χ0) is 14.4. The Hall–Kier alpha value is -2.29. The van der Waals surface area contributed by atoms with E-state index in [4.69, 9.17) is 4.74 Å². The number of hydrogen-bond donors (Lipinski definition) is 1. The van der Waals surface area contributed by atoms with Crippen molar-refractivity contribution in [1.82, 2.24) is 5.32 Å². The molecule has 1 atom stereocenters. The number of benzene rings is 2. The normalized spacial score (nSPS) is 13.3. The summed E-state index contributed by atoms with van der Waals surface area (Å²) < 4.78 is 5.48. The van der Waals surface area contributed by atoms with Gasteiger partial charge in [0.2, 0.25) is 6.41 Å². The van der Waals surface area contributed by atoms with Crippen LogP contribution in [0.25, 0.3) is 0 Å². The maximum absolute atomic E-state index is 10.7. The Bertz CT molecular complexity index is 568. The zero-order valence-electron chi connectivity index (χ0n) is 11.8. The van der Waals surface area contributed by atoms with Crippen molar-refractivity contribution in [3.05, 3.63) is 65.7 Å². The van der Waals surface area contributed by atoms with Crippen molar-refractivity contribution in [2.24, 2.45) is 0 Å². The first kappa shape index (κ1) is 14.1. The van der Waals surface area contributed by atoms with E-state index in [1.54, 1.807) is 7.11 Å². The molecule has 0 saturated carbocycles. The molecule has 0 radical (unpaired) electrons. The van der Waals surface area contributed by atoms with Gasteiger partial charge in [0.15, 0.2) is 0 Å². The van der Waals surface area contributed by atoms with Crippen LogP contribution in [0, 0.1) is 0 Å². The highest BCUT2D eigenvalue weighted by atomic mass is 16.5. The molecule has 0 aliphatic rings. The van der Waals surface area contributed by atoms with Gasteiger partial charge in [-0.15, -0.1) is 0 Å². The SMILES string of the molecule is COc1ccccc1[C@@](C)(CNC=O)c1ccccc1. The third-order valence-electron chi connectivity index (χ3n) is 3.65. The molecule has 0 aliphatic carbocycles. The predicted octanol–water partition coefficient (Wildman–Crippen LogP) is 2.75. The monoisotopic (exact) mass is 269 g/mol. The van der Waals surface area contributed by atoms with Crippen molar-refractivity contribution in [3.8, 4) is 5.75 Å². The molecular weight excluding hydrogens is 250 g/mol. The zero-order valence-corrected chi connectivity index (χ0v) is 11.8. The largest absolute Gasteiger partial charge is 0.496 e. The Morgan fingerprint density at radius 2 is 1.75 bits per heavy atom. The highest BCUT2D eigenvalue weighted by molar-refractivity contribution is 5.51. The van der Waals surface area contributed by atoms with Crippen LogP contribution in [0.1, 0.15) is 18.1 Å². The van der Waals surface area contributed by atoms with Crippen LogP contribution in [0.3, 0.4) is 0 Å². The molecule has 0 unspecified atom stereocenters. The van der Waals surface area contributed by atoms with Crippen LogP contribution in [-0.4, -0.2) is 20.1 Å². The van der Waals surface area contributed by atoms with Gasteiger partial charge >= 0.3 is 0 Å². The molecular formula is C17H19NO2. The fraction of sp³-hybridized carbons (Fsp3) is 0.235. The first-order valence-electron chi connectivity index (χ1n) is 6.58. The lowest BCUT2D eigenvalue weighted by Gasteiger charge is -2.31. The number of nitrogens with one attached hydrogen (secondary N) is 1. The van der Waals surface area contributed by atoms with Crippen LogP contribution >= 0.6 is 0 Å². The summed E-state index contributed by atoms with van der Waals surface area (Å²) in [4.78, 5) is 10.7. The Morgan fingerprint density at radius 1 is 1.10 bits per heavy atom. The summed E-state index contributed by atoms with van der Waals surface area (Å²) in [5.74, 6) is 0.826. The van der Waals surface area contributed by atoms with E-state index in [0.717, 1.165) is 23.3 Å². The Morgan fingerprint density at radius 3 is 2.40 bits per heavy atom. The van der Waals surface area contributed by atoms with Gasteiger partial charge < -0.3 is 10.1 Å². The lowest BCUT2D eigenvalue weighted by atomic mass is 9.75. The van der Waals surface area contributed by atoms with Crippen LogP contribution in [0.15, 0.2) is 54.6 Å². The average Bonchev–Trinajstić information content (AvgIpc) is 2.53. The van der Waals surface area contributed by atoms with Crippen LogP contribution in [-0.2, 0) is 10.2 Å². The van der Waals surface area contributed by atoms with Crippen LogP contribution < -0.4 is 10.1 Å². The van der Waals surface area contributed by atoms with Crippen molar-refractivity contribution in [2.45, 2.75) is 12.3 Å². The van der Waals surface area contributed by atoms with Crippen LogP contribution in [0.2, 0.25) is 0 Å². The van der Waals surface area contributed by atoms with Crippen molar-refractivity contribution in [3.63, 3.8) is 0 Å². The van der Waals surface area contributed by atoms with E-state index in [-0.39, 0.29) is 5.41 Å². The molecule has 0 bridgehead atoms. The van der Waals surface area contributed by atoms with Gasteiger partial charge in [-0.1, -0.05) is 48.5 Å². The minimum absolute atomic E-state index is 0.339. The molecule has 0 saturated heterocycles. The number of amides is 1.